The summed E-state index contributed by atoms with van der Waals surface area (Å²) in [6.07, 6.45) is 1.84. The maximum atomic E-state index is 11.0. The molecule has 5 rings (SSSR count). The van der Waals surface area contributed by atoms with E-state index in [1.807, 2.05) is 67.7 Å². The van der Waals surface area contributed by atoms with Gasteiger partial charge in [-0.05, 0) is 36.8 Å². The largest absolute Gasteiger partial charge is 0.497 e. The van der Waals surface area contributed by atoms with Crippen molar-refractivity contribution >= 4 is 27.5 Å². The van der Waals surface area contributed by atoms with Gasteiger partial charge in [-0.1, -0.05) is 42.0 Å². The Labute approximate surface area is 191 Å². The number of hydrogen-bond donors (Lipinski definition) is 2. The summed E-state index contributed by atoms with van der Waals surface area (Å²) in [7, 11) is 3.30. The quantitative estimate of drug-likeness (QED) is 0.377. The lowest BCUT2D eigenvalue weighted by Gasteiger charge is -2.13. The van der Waals surface area contributed by atoms with Crippen LogP contribution < -0.4 is 15.2 Å². The second kappa shape index (κ2) is 8.06. The molecular weight excluding hydrogens is 414 g/mol. The average Bonchev–Trinajstić information content (AvgIpc) is 3.14. The van der Waals surface area contributed by atoms with Crippen LogP contribution in [0.2, 0.25) is 0 Å². The van der Waals surface area contributed by atoms with E-state index in [0.29, 0.717) is 23.1 Å². The molecule has 3 aromatic carbocycles. The van der Waals surface area contributed by atoms with E-state index in [2.05, 4.69) is 6.07 Å². The molecular formula is C27H25N3O3. The summed E-state index contributed by atoms with van der Waals surface area (Å²) in [5.41, 5.74) is 12.6. The molecule has 0 amide bonds. The number of anilines is 1. The smallest absolute Gasteiger partial charge is 0.203 e. The molecule has 3 N–H and O–H groups in total. The van der Waals surface area contributed by atoms with Crippen LogP contribution in [0.3, 0.4) is 0 Å². The number of ether oxygens (including phenoxy) is 2. The highest BCUT2D eigenvalue weighted by Crippen LogP contribution is 2.41. The van der Waals surface area contributed by atoms with Crippen LogP contribution in [0.4, 0.5) is 5.69 Å². The van der Waals surface area contributed by atoms with E-state index in [1.165, 1.54) is 0 Å². The number of hydrogen-bond acceptors (Lipinski definition) is 5. The number of methoxy groups -OCH3 is 2. The van der Waals surface area contributed by atoms with Crippen LogP contribution >= 0.6 is 0 Å². The molecule has 0 aliphatic heterocycles. The molecule has 33 heavy (non-hydrogen) atoms. The third kappa shape index (κ3) is 3.49. The maximum absolute atomic E-state index is 11.0. The highest BCUT2D eigenvalue weighted by Gasteiger charge is 2.19. The summed E-state index contributed by atoms with van der Waals surface area (Å²) in [6, 6.07) is 19.7. The molecule has 0 bridgehead atoms. The van der Waals surface area contributed by atoms with Crippen molar-refractivity contribution in [1.29, 1.82) is 0 Å². The van der Waals surface area contributed by atoms with Crippen molar-refractivity contribution in [1.82, 2.24) is 9.55 Å². The highest BCUT2D eigenvalue weighted by atomic mass is 16.5. The van der Waals surface area contributed by atoms with Gasteiger partial charge in [0.25, 0.3) is 0 Å². The topological polar surface area (TPSA) is 82.5 Å². The van der Waals surface area contributed by atoms with Crippen molar-refractivity contribution in [2.24, 2.45) is 0 Å². The van der Waals surface area contributed by atoms with Crippen molar-refractivity contribution in [3.05, 3.63) is 78.0 Å². The van der Waals surface area contributed by atoms with E-state index in [-0.39, 0.29) is 5.88 Å². The lowest BCUT2D eigenvalue weighted by Crippen LogP contribution is -1.97. The monoisotopic (exact) mass is 439 g/mol. The van der Waals surface area contributed by atoms with Crippen LogP contribution in [-0.2, 0) is 6.54 Å². The first-order valence-corrected chi connectivity index (χ1v) is 10.7. The number of nitrogens with two attached hydrogens (primary N) is 1. The van der Waals surface area contributed by atoms with E-state index in [4.69, 9.17) is 20.2 Å². The molecule has 6 heteroatoms. The minimum Gasteiger partial charge on any atom is -0.497 e. The normalized spacial score (nSPS) is 11.2. The lowest BCUT2D eigenvalue weighted by molar-refractivity contribution is 0.414. The van der Waals surface area contributed by atoms with Crippen molar-refractivity contribution in [2.45, 2.75) is 13.5 Å². The zero-order valence-corrected chi connectivity index (χ0v) is 18.8. The van der Waals surface area contributed by atoms with Crippen LogP contribution in [0.25, 0.3) is 32.9 Å². The van der Waals surface area contributed by atoms with Crippen molar-refractivity contribution in [2.75, 3.05) is 20.0 Å². The summed E-state index contributed by atoms with van der Waals surface area (Å²) >= 11 is 0. The number of aromatic nitrogens is 2. The summed E-state index contributed by atoms with van der Waals surface area (Å²) in [5.74, 6) is 1.66. The molecule has 0 aliphatic rings. The van der Waals surface area contributed by atoms with E-state index < -0.39 is 0 Å². The van der Waals surface area contributed by atoms with Gasteiger partial charge >= 0.3 is 0 Å². The highest BCUT2D eigenvalue weighted by molar-refractivity contribution is 6.12. The van der Waals surface area contributed by atoms with Crippen LogP contribution in [0.1, 0.15) is 11.1 Å². The zero-order chi connectivity index (χ0) is 23.1. The first kappa shape index (κ1) is 20.7. The van der Waals surface area contributed by atoms with Gasteiger partial charge in [-0.2, -0.15) is 0 Å². The van der Waals surface area contributed by atoms with Gasteiger partial charge in [0.2, 0.25) is 5.88 Å². The molecule has 0 atom stereocenters. The Balaban J connectivity index is 1.68. The molecule has 2 heterocycles. The fourth-order valence-corrected chi connectivity index (χ4v) is 4.31. The van der Waals surface area contributed by atoms with Crippen molar-refractivity contribution < 1.29 is 14.6 Å². The number of pyridine rings is 1. The van der Waals surface area contributed by atoms with Gasteiger partial charge < -0.3 is 24.9 Å². The summed E-state index contributed by atoms with van der Waals surface area (Å²) in [6.45, 7) is 2.53. The molecule has 0 aliphatic carbocycles. The second-order valence-electron chi connectivity index (χ2n) is 8.12. The predicted molar refractivity (Wildman–Crippen MR) is 132 cm³/mol. The average molecular weight is 440 g/mol. The van der Waals surface area contributed by atoms with Crippen molar-refractivity contribution in [3.8, 4) is 28.5 Å². The van der Waals surface area contributed by atoms with Crippen molar-refractivity contribution in [3.63, 3.8) is 0 Å². The number of nitrogen functional groups attached to an aromatic ring is 1. The molecule has 0 saturated carbocycles. The maximum Gasteiger partial charge on any atom is 0.203 e. The number of aryl methyl sites for hydroxylation is 1. The van der Waals surface area contributed by atoms with E-state index in [0.717, 1.165) is 44.7 Å². The fourth-order valence-electron chi connectivity index (χ4n) is 4.31. The molecule has 166 valence electrons. The number of aromatic hydroxyl groups is 1. The fraction of sp³-hybridized carbons (Fsp3) is 0.148. The van der Waals surface area contributed by atoms with E-state index in [1.54, 1.807) is 18.8 Å². The molecule has 0 radical (unpaired) electrons. The lowest BCUT2D eigenvalue weighted by atomic mass is 9.98. The Morgan fingerprint density at radius 2 is 1.76 bits per heavy atom. The standard InChI is InChI=1S/C27H25N3O3/c1-16-7-12-23(33-3)21(13-16)19-5-4-6-20-25(28)24-22(29-26(19)20)15-30(27(24)31)14-17-8-10-18(32-2)11-9-17/h4-13,15,31H,14,28H2,1-3H3. The number of benzene rings is 3. The second-order valence-corrected chi connectivity index (χ2v) is 8.12. The van der Waals surface area contributed by atoms with Gasteiger partial charge in [-0.25, -0.2) is 4.98 Å². The molecule has 5 aromatic rings. The van der Waals surface area contributed by atoms with Gasteiger partial charge in [0.1, 0.15) is 11.5 Å². The van der Waals surface area contributed by atoms with Crippen LogP contribution in [0, 0.1) is 6.92 Å². The number of rotatable bonds is 5. The Morgan fingerprint density at radius 3 is 2.48 bits per heavy atom. The molecule has 6 nitrogen and oxygen atoms in total. The molecule has 0 spiro atoms. The van der Waals surface area contributed by atoms with Gasteiger partial charge in [-0.3, -0.25) is 0 Å². The molecule has 0 saturated heterocycles. The SMILES string of the molecule is COc1ccc(Cn2cc3nc4c(-c5cc(C)ccc5OC)cccc4c(N)c3c2O)cc1. The van der Waals surface area contributed by atoms with Gasteiger partial charge in [0.05, 0.1) is 42.9 Å². The number of para-hydroxylation sites is 1. The summed E-state index contributed by atoms with van der Waals surface area (Å²) in [5, 5.41) is 12.3. The Morgan fingerprint density at radius 1 is 0.970 bits per heavy atom. The molecule has 2 aromatic heterocycles. The minimum atomic E-state index is 0.103. The summed E-state index contributed by atoms with van der Waals surface area (Å²) < 4.78 is 12.6. The van der Waals surface area contributed by atoms with Crippen LogP contribution in [-0.4, -0.2) is 28.9 Å². The Bertz CT molecular complexity index is 1490. The zero-order valence-electron chi connectivity index (χ0n) is 18.8. The molecule has 0 fully saturated rings. The third-order valence-electron chi connectivity index (χ3n) is 6.01. The Hall–Kier alpha value is -4.19. The number of nitrogens with zero attached hydrogens (tertiary/aromatic N) is 2. The number of fused-ring (bicyclic) bond motifs is 2. The first-order chi connectivity index (χ1) is 16.0. The van der Waals surface area contributed by atoms with Gasteiger partial charge in [0.15, 0.2) is 0 Å². The molecule has 0 unspecified atom stereocenters. The minimum absolute atomic E-state index is 0.103. The van der Waals surface area contributed by atoms with Crippen LogP contribution in [0.15, 0.2) is 66.9 Å². The third-order valence-corrected chi connectivity index (χ3v) is 6.01. The van der Waals surface area contributed by atoms with Gasteiger partial charge in [-0.15, -0.1) is 0 Å². The Kier molecular flexibility index (Phi) is 5.05. The van der Waals surface area contributed by atoms with E-state index >= 15 is 0 Å². The summed E-state index contributed by atoms with van der Waals surface area (Å²) in [4.78, 5) is 4.93. The van der Waals surface area contributed by atoms with Crippen LogP contribution in [0.5, 0.6) is 17.4 Å². The predicted octanol–water partition coefficient (Wildman–Crippen LogP) is 5.52. The van der Waals surface area contributed by atoms with Gasteiger partial charge in [0, 0.05) is 22.7 Å². The van der Waals surface area contributed by atoms with E-state index in [9.17, 15) is 5.11 Å². The first-order valence-electron chi connectivity index (χ1n) is 10.7.